The molecule has 0 bridgehead atoms. The second kappa shape index (κ2) is 5.37. The Hall–Kier alpha value is -0.590. The second-order valence-electron chi connectivity index (χ2n) is 4.35. The van der Waals surface area contributed by atoms with Crippen molar-refractivity contribution in [3.8, 4) is 0 Å². The Morgan fingerprint density at radius 3 is 2.94 bits per heavy atom. The lowest BCUT2D eigenvalue weighted by atomic mass is 10.2. The smallest absolute Gasteiger partial charge is 0.191 e. The highest BCUT2D eigenvalue weighted by molar-refractivity contribution is 9.11. The molecule has 4 nitrogen and oxygen atoms in total. The molecule has 0 amide bonds. The van der Waals surface area contributed by atoms with E-state index in [1.165, 1.54) is 4.88 Å². The molecule has 0 radical (unpaired) electrons. The van der Waals surface area contributed by atoms with Gasteiger partial charge in [-0.15, -0.1) is 11.3 Å². The lowest BCUT2D eigenvalue weighted by molar-refractivity contribution is 0.295. The number of thiophene rings is 1. The lowest BCUT2D eigenvalue weighted by Gasteiger charge is -2.26. The Morgan fingerprint density at radius 2 is 2.35 bits per heavy atom. The molecule has 0 aliphatic carbocycles. The molecule has 94 valence electrons. The van der Waals surface area contributed by atoms with Crippen LogP contribution >= 0.6 is 27.3 Å². The summed E-state index contributed by atoms with van der Waals surface area (Å²) in [6, 6.07) is 4.54. The van der Waals surface area contributed by atoms with Crippen molar-refractivity contribution in [1.29, 1.82) is 0 Å². The third kappa shape index (κ3) is 3.00. The van der Waals surface area contributed by atoms with Gasteiger partial charge in [0, 0.05) is 18.0 Å². The summed E-state index contributed by atoms with van der Waals surface area (Å²) in [7, 11) is 4.14. The molecule has 0 spiro atoms. The summed E-state index contributed by atoms with van der Waals surface area (Å²) >= 11 is 5.26. The molecule has 0 fully saturated rings. The van der Waals surface area contributed by atoms with Crippen molar-refractivity contribution in [3.05, 3.63) is 20.8 Å². The van der Waals surface area contributed by atoms with Crippen molar-refractivity contribution < 1.29 is 0 Å². The summed E-state index contributed by atoms with van der Waals surface area (Å²) < 4.78 is 1.16. The molecule has 1 atom stereocenters. The molecule has 17 heavy (non-hydrogen) atoms. The standard InChI is InChI=1S/C11H17BrN4S/c1-15(2)5-6-16-8(7-14-11(16)13)9-3-4-10(12)17-9/h3-4,8H,5-7H2,1-2H3,(H2,13,14). The number of nitrogens with zero attached hydrogens (tertiary/aromatic N) is 3. The van der Waals surface area contributed by atoms with Crippen molar-refractivity contribution in [2.75, 3.05) is 33.7 Å². The first kappa shape index (κ1) is 12.9. The molecule has 0 saturated carbocycles. The normalized spacial score (nSPS) is 20.1. The largest absolute Gasteiger partial charge is 0.370 e. The highest BCUT2D eigenvalue weighted by atomic mass is 79.9. The maximum absolute atomic E-state index is 5.95. The van der Waals surface area contributed by atoms with Crippen LogP contribution in [0.2, 0.25) is 0 Å². The van der Waals surface area contributed by atoms with E-state index in [0.29, 0.717) is 12.0 Å². The van der Waals surface area contributed by atoms with Crippen molar-refractivity contribution >= 4 is 33.2 Å². The Kier molecular flexibility index (Phi) is 4.06. The van der Waals surface area contributed by atoms with Gasteiger partial charge in [0.1, 0.15) is 0 Å². The number of aliphatic imine (C=N–C) groups is 1. The van der Waals surface area contributed by atoms with Crippen LogP contribution in [0, 0.1) is 0 Å². The fourth-order valence-corrected chi connectivity index (χ4v) is 3.39. The second-order valence-corrected chi connectivity index (χ2v) is 6.85. The minimum atomic E-state index is 0.311. The Morgan fingerprint density at radius 1 is 1.59 bits per heavy atom. The molecule has 1 aliphatic rings. The van der Waals surface area contributed by atoms with Crippen molar-refractivity contribution in [2.24, 2.45) is 10.7 Å². The zero-order chi connectivity index (χ0) is 12.4. The summed E-state index contributed by atoms with van der Waals surface area (Å²) in [6.45, 7) is 2.67. The summed E-state index contributed by atoms with van der Waals surface area (Å²) in [5, 5.41) is 0. The van der Waals surface area contributed by atoms with E-state index in [2.05, 4.69) is 57.0 Å². The topological polar surface area (TPSA) is 44.9 Å². The summed E-state index contributed by atoms with van der Waals surface area (Å²) in [5.74, 6) is 0.668. The van der Waals surface area contributed by atoms with E-state index in [0.717, 1.165) is 23.4 Å². The summed E-state index contributed by atoms with van der Waals surface area (Å²) in [5.41, 5.74) is 5.95. The van der Waals surface area contributed by atoms with Crippen molar-refractivity contribution in [2.45, 2.75) is 6.04 Å². The van der Waals surface area contributed by atoms with Gasteiger partial charge < -0.3 is 15.5 Å². The fourth-order valence-electron chi connectivity index (χ4n) is 1.86. The third-order valence-electron chi connectivity index (χ3n) is 2.81. The van der Waals surface area contributed by atoms with E-state index in [-0.39, 0.29) is 0 Å². The van der Waals surface area contributed by atoms with Crippen LogP contribution in [0.5, 0.6) is 0 Å². The molecule has 1 aromatic rings. The molecule has 0 saturated heterocycles. The molecule has 1 unspecified atom stereocenters. The first-order valence-electron chi connectivity index (χ1n) is 5.54. The predicted molar refractivity (Wildman–Crippen MR) is 76.5 cm³/mol. The van der Waals surface area contributed by atoms with Crippen molar-refractivity contribution in [3.63, 3.8) is 0 Å². The summed E-state index contributed by atoms with van der Waals surface area (Å²) in [6.07, 6.45) is 0. The van der Waals surface area contributed by atoms with Crippen molar-refractivity contribution in [1.82, 2.24) is 9.80 Å². The van der Waals surface area contributed by atoms with Gasteiger partial charge in [-0.2, -0.15) is 0 Å². The minimum Gasteiger partial charge on any atom is -0.370 e. The number of likely N-dealkylation sites (N-methyl/N-ethyl adjacent to an activating group) is 1. The summed E-state index contributed by atoms with van der Waals surface area (Å²) in [4.78, 5) is 10.0. The molecule has 0 aromatic carbocycles. The first-order chi connectivity index (χ1) is 8.08. The fraction of sp³-hybridized carbons (Fsp3) is 0.545. The van der Waals surface area contributed by atoms with Crippen LogP contribution in [0.15, 0.2) is 20.9 Å². The van der Waals surface area contributed by atoms with Crippen LogP contribution in [0.3, 0.4) is 0 Å². The average Bonchev–Trinajstić information content (AvgIpc) is 2.82. The average molecular weight is 317 g/mol. The van der Waals surface area contributed by atoms with Crippen LogP contribution in [-0.4, -0.2) is 49.5 Å². The van der Waals surface area contributed by atoms with E-state index in [1.54, 1.807) is 11.3 Å². The highest BCUT2D eigenvalue weighted by Crippen LogP contribution is 2.33. The van der Waals surface area contributed by atoms with Gasteiger partial charge >= 0.3 is 0 Å². The minimum absolute atomic E-state index is 0.311. The van der Waals surface area contributed by atoms with Gasteiger partial charge in [0.2, 0.25) is 0 Å². The molecule has 2 N–H and O–H groups in total. The number of hydrogen-bond donors (Lipinski definition) is 1. The number of rotatable bonds is 4. The van der Waals surface area contributed by atoms with Gasteiger partial charge in [0.15, 0.2) is 5.96 Å². The van der Waals surface area contributed by atoms with Gasteiger partial charge in [0.25, 0.3) is 0 Å². The number of hydrogen-bond acceptors (Lipinski definition) is 5. The van der Waals surface area contributed by atoms with Gasteiger partial charge in [-0.25, -0.2) is 0 Å². The van der Waals surface area contributed by atoms with Gasteiger partial charge in [0.05, 0.1) is 16.4 Å². The van der Waals surface area contributed by atoms with Gasteiger partial charge in [-0.3, -0.25) is 4.99 Å². The predicted octanol–water partition coefficient (Wildman–Crippen LogP) is 1.74. The molecular formula is C11H17BrN4S. The Bertz CT molecular complexity index is 415. The molecule has 1 aliphatic heterocycles. The number of nitrogens with two attached hydrogens (primary N) is 1. The maximum Gasteiger partial charge on any atom is 0.191 e. The molecule has 2 heterocycles. The number of guanidine groups is 1. The van der Waals surface area contributed by atoms with Gasteiger partial charge in [-0.05, 0) is 42.2 Å². The van der Waals surface area contributed by atoms with E-state index >= 15 is 0 Å². The first-order valence-corrected chi connectivity index (χ1v) is 7.15. The lowest BCUT2D eigenvalue weighted by Crippen LogP contribution is -2.40. The van der Waals surface area contributed by atoms with Crippen LogP contribution in [0.1, 0.15) is 10.9 Å². The quantitative estimate of drug-likeness (QED) is 0.920. The monoisotopic (exact) mass is 316 g/mol. The van der Waals surface area contributed by atoms with Crippen LogP contribution < -0.4 is 5.73 Å². The third-order valence-corrected chi connectivity index (χ3v) is 4.53. The molecule has 1 aromatic heterocycles. The molecular weight excluding hydrogens is 300 g/mol. The SMILES string of the molecule is CN(C)CCN1C(N)=NCC1c1ccc(Br)s1. The van der Waals surface area contributed by atoms with E-state index in [1.807, 2.05) is 0 Å². The van der Waals surface area contributed by atoms with Crippen LogP contribution in [0.25, 0.3) is 0 Å². The van der Waals surface area contributed by atoms with Gasteiger partial charge in [-0.1, -0.05) is 0 Å². The van der Waals surface area contributed by atoms with E-state index in [4.69, 9.17) is 5.73 Å². The maximum atomic E-state index is 5.95. The highest BCUT2D eigenvalue weighted by Gasteiger charge is 2.28. The zero-order valence-corrected chi connectivity index (χ0v) is 12.5. The Labute approximate surface area is 114 Å². The van der Waals surface area contributed by atoms with Crippen LogP contribution in [-0.2, 0) is 0 Å². The Balaban J connectivity index is 2.07. The molecule has 6 heteroatoms. The molecule has 2 rings (SSSR count). The number of halogens is 1. The zero-order valence-electron chi connectivity index (χ0n) is 10.1. The van der Waals surface area contributed by atoms with E-state index in [9.17, 15) is 0 Å². The van der Waals surface area contributed by atoms with Crippen LogP contribution in [0.4, 0.5) is 0 Å². The van der Waals surface area contributed by atoms with E-state index < -0.39 is 0 Å².